The van der Waals surface area contributed by atoms with E-state index in [1.54, 1.807) is 0 Å². The van der Waals surface area contributed by atoms with E-state index in [4.69, 9.17) is 16.7 Å². The van der Waals surface area contributed by atoms with Crippen molar-refractivity contribution in [3.05, 3.63) is 34.6 Å². The van der Waals surface area contributed by atoms with Crippen molar-refractivity contribution in [1.29, 1.82) is 0 Å². The van der Waals surface area contributed by atoms with E-state index in [1.165, 1.54) is 18.2 Å². The van der Waals surface area contributed by atoms with E-state index >= 15 is 0 Å². The van der Waals surface area contributed by atoms with Gasteiger partial charge >= 0.3 is 0 Å². The molecule has 1 rings (SSSR count). The Labute approximate surface area is 111 Å². The molecule has 0 aliphatic rings. The van der Waals surface area contributed by atoms with Crippen molar-refractivity contribution >= 4 is 17.5 Å². The summed E-state index contributed by atoms with van der Waals surface area (Å²) >= 11 is 5.60. The summed E-state index contributed by atoms with van der Waals surface area (Å²) in [4.78, 5) is 11.7. The lowest BCUT2D eigenvalue weighted by molar-refractivity contribution is 0.0952. The van der Waals surface area contributed by atoms with Crippen LogP contribution in [0.2, 0.25) is 5.02 Å². The molecule has 1 aromatic carbocycles. The monoisotopic (exact) mass is 273 g/mol. The number of aliphatic hydroxyl groups excluding tert-OH is 1. The number of rotatable bonds is 6. The maximum atomic E-state index is 12.9. The zero-order chi connectivity index (χ0) is 13.5. The van der Waals surface area contributed by atoms with Crippen molar-refractivity contribution in [3.8, 4) is 0 Å². The molecule has 0 spiro atoms. The molecule has 1 unspecified atom stereocenters. The second kappa shape index (κ2) is 7.34. The number of hydrogen-bond donors (Lipinski definition) is 2. The average molecular weight is 274 g/mol. The Hall–Kier alpha value is -1.13. The molecule has 0 heterocycles. The Balaban J connectivity index is 2.39. The molecule has 0 aromatic heterocycles. The number of amides is 1. The van der Waals surface area contributed by atoms with Crippen LogP contribution in [0.1, 0.15) is 30.1 Å². The summed E-state index contributed by atoms with van der Waals surface area (Å²) in [5, 5.41) is 11.5. The molecule has 18 heavy (non-hydrogen) atoms. The van der Waals surface area contributed by atoms with Gasteiger partial charge in [0.15, 0.2) is 0 Å². The third-order valence-electron chi connectivity index (χ3n) is 2.65. The molecule has 2 N–H and O–H groups in total. The second-order valence-electron chi connectivity index (χ2n) is 4.31. The first kappa shape index (κ1) is 14.9. The van der Waals surface area contributed by atoms with E-state index in [1.807, 2.05) is 6.92 Å². The Kier molecular flexibility index (Phi) is 6.09. The summed E-state index contributed by atoms with van der Waals surface area (Å²) in [7, 11) is 0. The molecule has 1 aromatic rings. The normalized spacial score (nSPS) is 12.2. The molecule has 0 saturated heterocycles. The zero-order valence-corrected chi connectivity index (χ0v) is 11.0. The van der Waals surface area contributed by atoms with E-state index in [0.29, 0.717) is 12.1 Å². The minimum absolute atomic E-state index is 0.0587. The molecule has 3 nitrogen and oxygen atoms in total. The fraction of sp³-hybridized carbons (Fsp3) is 0.462. The van der Waals surface area contributed by atoms with Gasteiger partial charge in [-0.3, -0.25) is 4.79 Å². The third kappa shape index (κ3) is 4.63. The van der Waals surface area contributed by atoms with E-state index < -0.39 is 5.82 Å². The number of halogens is 2. The van der Waals surface area contributed by atoms with Gasteiger partial charge in [0, 0.05) is 18.7 Å². The highest BCUT2D eigenvalue weighted by Crippen LogP contribution is 2.15. The number of nitrogens with one attached hydrogen (secondary N) is 1. The van der Waals surface area contributed by atoms with E-state index in [0.717, 1.165) is 12.8 Å². The van der Waals surface area contributed by atoms with E-state index in [-0.39, 0.29) is 23.5 Å². The summed E-state index contributed by atoms with van der Waals surface area (Å²) < 4.78 is 12.9. The van der Waals surface area contributed by atoms with Crippen molar-refractivity contribution in [3.63, 3.8) is 0 Å². The Morgan fingerprint density at radius 2 is 2.28 bits per heavy atom. The summed E-state index contributed by atoms with van der Waals surface area (Å²) in [6.07, 6.45) is 1.64. The fourth-order valence-electron chi connectivity index (χ4n) is 1.48. The van der Waals surface area contributed by atoms with Crippen LogP contribution < -0.4 is 5.32 Å². The van der Waals surface area contributed by atoms with Gasteiger partial charge in [-0.2, -0.15) is 0 Å². The van der Waals surface area contributed by atoms with Gasteiger partial charge in [-0.1, -0.05) is 18.5 Å². The number of carbonyl (C=O) groups is 1. The molecule has 5 heteroatoms. The molecule has 1 atom stereocenters. The Morgan fingerprint density at radius 3 is 2.89 bits per heavy atom. The van der Waals surface area contributed by atoms with Crippen molar-refractivity contribution in [2.45, 2.75) is 19.8 Å². The number of aliphatic hydroxyl groups is 1. The first-order valence-electron chi connectivity index (χ1n) is 5.88. The molecule has 0 aliphatic heterocycles. The van der Waals surface area contributed by atoms with Crippen LogP contribution in [0.5, 0.6) is 0 Å². The minimum atomic E-state index is -0.537. The van der Waals surface area contributed by atoms with Crippen LogP contribution in [-0.4, -0.2) is 24.2 Å². The maximum absolute atomic E-state index is 12.9. The highest BCUT2D eigenvalue weighted by atomic mass is 35.5. The lowest BCUT2D eigenvalue weighted by atomic mass is 10.1. The molecule has 1 amide bonds. The first-order valence-corrected chi connectivity index (χ1v) is 6.26. The summed E-state index contributed by atoms with van der Waals surface area (Å²) in [5.74, 6) is -0.569. The zero-order valence-electron chi connectivity index (χ0n) is 10.2. The molecule has 0 aliphatic carbocycles. The van der Waals surface area contributed by atoms with Gasteiger partial charge in [-0.25, -0.2) is 4.39 Å². The minimum Gasteiger partial charge on any atom is -0.396 e. The molecule has 0 radical (unpaired) electrons. The van der Waals surface area contributed by atoms with Crippen molar-refractivity contribution in [2.24, 2.45) is 5.92 Å². The highest BCUT2D eigenvalue weighted by molar-refractivity contribution is 6.31. The summed E-state index contributed by atoms with van der Waals surface area (Å²) in [6, 6.07) is 3.88. The van der Waals surface area contributed by atoms with Crippen LogP contribution >= 0.6 is 11.6 Å². The number of benzene rings is 1. The van der Waals surface area contributed by atoms with Crippen LogP contribution in [0.3, 0.4) is 0 Å². The van der Waals surface area contributed by atoms with E-state index in [9.17, 15) is 9.18 Å². The van der Waals surface area contributed by atoms with E-state index in [2.05, 4.69) is 5.32 Å². The van der Waals surface area contributed by atoms with Gasteiger partial charge in [-0.05, 0) is 37.0 Å². The van der Waals surface area contributed by atoms with Gasteiger partial charge in [0.25, 0.3) is 5.91 Å². The van der Waals surface area contributed by atoms with Gasteiger partial charge in [0.05, 0.1) is 5.02 Å². The molecular formula is C13H17ClFNO2. The Bertz CT molecular complexity index is 412. The SMILES string of the molecule is CC(CO)CCCNC(=O)c1ccc(F)c(Cl)c1. The molecule has 0 saturated carbocycles. The number of carbonyl (C=O) groups excluding carboxylic acids is 1. The van der Waals surface area contributed by atoms with Crippen LogP contribution in [0.15, 0.2) is 18.2 Å². The van der Waals surface area contributed by atoms with Crippen LogP contribution in [0.4, 0.5) is 4.39 Å². The summed E-state index contributed by atoms with van der Waals surface area (Å²) in [5.41, 5.74) is 0.344. The highest BCUT2D eigenvalue weighted by Gasteiger charge is 2.08. The van der Waals surface area contributed by atoms with Gasteiger partial charge < -0.3 is 10.4 Å². The molecular weight excluding hydrogens is 257 g/mol. The number of hydrogen-bond acceptors (Lipinski definition) is 2. The van der Waals surface area contributed by atoms with Gasteiger partial charge in [0.2, 0.25) is 0 Å². The second-order valence-corrected chi connectivity index (χ2v) is 4.72. The van der Waals surface area contributed by atoms with Crippen molar-refractivity contribution < 1.29 is 14.3 Å². The third-order valence-corrected chi connectivity index (χ3v) is 2.94. The van der Waals surface area contributed by atoms with Crippen LogP contribution in [0, 0.1) is 11.7 Å². The van der Waals surface area contributed by atoms with Crippen LogP contribution in [0.25, 0.3) is 0 Å². The lowest BCUT2D eigenvalue weighted by Gasteiger charge is -2.08. The Morgan fingerprint density at radius 1 is 1.56 bits per heavy atom. The van der Waals surface area contributed by atoms with Gasteiger partial charge in [0.1, 0.15) is 5.82 Å². The predicted molar refractivity (Wildman–Crippen MR) is 69.2 cm³/mol. The fourth-order valence-corrected chi connectivity index (χ4v) is 1.66. The summed E-state index contributed by atoms with van der Waals surface area (Å²) in [6.45, 7) is 2.63. The van der Waals surface area contributed by atoms with Crippen molar-refractivity contribution in [2.75, 3.05) is 13.2 Å². The molecule has 0 bridgehead atoms. The molecule has 100 valence electrons. The smallest absolute Gasteiger partial charge is 0.251 e. The largest absolute Gasteiger partial charge is 0.396 e. The van der Waals surface area contributed by atoms with Gasteiger partial charge in [-0.15, -0.1) is 0 Å². The maximum Gasteiger partial charge on any atom is 0.251 e. The van der Waals surface area contributed by atoms with Crippen LogP contribution in [-0.2, 0) is 0 Å². The molecule has 0 fully saturated rings. The topological polar surface area (TPSA) is 49.3 Å². The predicted octanol–water partition coefficient (Wildman–Crippen LogP) is 2.62. The first-order chi connectivity index (χ1) is 8.54. The average Bonchev–Trinajstić information content (AvgIpc) is 2.37. The standard InChI is InChI=1S/C13H17ClFNO2/c1-9(8-17)3-2-6-16-13(18)10-4-5-12(15)11(14)7-10/h4-5,7,9,17H,2-3,6,8H2,1H3,(H,16,18). The lowest BCUT2D eigenvalue weighted by Crippen LogP contribution is -2.24. The van der Waals surface area contributed by atoms with Crippen molar-refractivity contribution in [1.82, 2.24) is 5.32 Å². The quantitative estimate of drug-likeness (QED) is 0.783.